The normalized spacial score (nSPS) is 19.7. The molecule has 1 fully saturated rings. The molecule has 3 heterocycles. The van der Waals surface area contributed by atoms with Crippen molar-refractivity contribution in [3.05, 3.63) is 105 Å². The van der Waals surface area contributed by atoms with Gasteiger partial charge >= 0.3 is 0 Å². The van der Waals surface area contributed by atoms with Gasteiger partial charge in [0.1, 0.15) is 0 Å². The van der Waals surface area contributed by atoms with E-state index in [-0.39, 0.29) is 0 Å². The van der Waals surface area contributed by atoms with Gasteiger partial charge in [-0.05, 0) is 79.8 Å². The van der Waals surface area contributed by atoms with Crippen LogP contribution in [0.1, 0.15) is 57.6 Å². The van der Waals surface area contributed by atoms with Crippen molar-refractivity contribution in [3.63, 3.8) is 0 Å². The molecule has 4 heteroatoms. The molecule has 0 spiro atoms. The molecule has 0 saturated carbocycles. The molecule has 2 aliphatic heterocycles. The maximum atomic E-state index is 13.3. The highest BCUT2D eigenvalue weighted by molar-refractivity contribution is 6.16. The fraction of sp³-hybridized carbons (Fsp3) is 0.323. The average molecular weight is 462 g/mol. The van der Waals surface area contributed by atoms with Crippen molar-refractivity contribution in [3.8, 4) is 0 Å². The van der Waals surface area contributed by atoms with Crippen LogP contribution in [0.2, 0.25) is 0 Å². The van der Waals surface area contributed by atoms with Gasteiger partial charge in [0, 0.05) is 53.5 Å². The number of pyridine rings is 1. The van der Waals surface area contributed by atoms with Gasteiger partial charge in [-0.1, -0.05) is 36.4 Å². The third-order valence-electron chi connectivity index (χ3n) is 7.56. The summed E-state index contributed by atoms with van der Waals surface area (Å²) >= 11 is 0. The highest BCUT2D eigenvalue weighted by Crippen LogP contribution is 2.35. The van der Waals surface area contributed by atoms with Crippen LogP contribution < -0.4 is 0 Å². The molecule has 2 aromatic carbocycles. The minimum absolute atomic E-state index is 0.295. The van der Waals surface area contributed by atoms with Gasteiger partial charge in [-0.15, -0.1) is 0 Å². The number of ketones is 1. The van der Waals surface area contributed by atoms with Crippen molar-refractivity contribution >= 4 is 17.6 Å². The predicted molar refractivity (Wildman–Crippen MR) is 141 cm³/mol. The van der Waals surface area contributed by atoms with Crippen LogP contribution in [0.15, 0.2) is 65.2 Å². The standard InChI is InChI=1S/C31H31N3O/c1-20-11-26(12-21(2)33-20)31-29-15-25-14-28(30(35)16-24(25)13-27(29)17-32-31)23-9-6-10-34(19-23)18-22-7-4-3-5-8-22/h3-5,7-8,11-15,23H,6,9-10,16-19H2,1-2H3. The number of carbonyl (C=O) groups excluding carboxylic acids is 1. The van der Waals surface area contributed by atoms with Crippen molar-refractivity contribution < 1.29 is 4.79 Å². The quantitative estimate of drug-likeness (QED) is 0.518. The van der Waals surface area contributed by atoms with Gasteiger partial charge in [0.2, 0.25) is 0 Å². The summed E-state index contributed by atoms with van der Waals surface area (Å²) in [6, 6.07) is 19.4. The van der Waals surface area contributed by atoms with Crippen molar-refractivity contribution in [1.29, 1.82) is 0 Å². The van der Waals surface area contributed by atoms with Crippen LogP contribution in [0.4, 0.5) is 0 Å². The predicted octanol–water partition coefficient (Wildman–Crippen LogP) is 5.47. The van der Waals surface area contributed by atoms with E-state index >= 15 is 0 Å². The molecular formula is C31H31N3O. The highest BCUT2D eigenvalue weighted by Gasteiger charge is 2.30. The van der Waals surface area contributed by atoms with Crippen molar-refractivity contribution in [2.24, 2.45) is 10.9 Å². The fourth-order valence-electron chi connectivity index (χ4n) is 5.98. The van der Waals surface area contributed by atoms with Crippen LogP contribution in [0, 0.1) is 19.8 Å². The third kappa shape index (κ3) is 4.39. The molecule has 0 radical (unpaired) electrons. The molecule has 3 aliphatic rings. The summed E-state index contributed by atoms with van der Waals surface area (Å²) in [5, 5.41) is 0. The summed E-state index contributed by atoms with van der Waals surface area (Å²) in [6.45, 7) is 7.75. The zero-order chi connectivity index (χ0) is 23.9. The largest absolute Gasteiger partial charge is 0.298 e. The first-order chi connectivity index (χ1) is 17.0. The Hall–Kier alpha value is -3.37. The Balaban J connectivity index is 1.29. The Morgan fingerprint density at radius 2 is 1.80 bits per heavy atom. The van der Waals surface area contributed by atoms with Crippen molar-refractivity contribution in [2.45, 2.75) is 46.2 Å². The van der Waals surface area contributed by atoms with Crippen molar-refractivity contribution in [1.82, 2.24) is 9.88 Å². The first-order valence-corrected chi connectivity index (χ1v) is 12.7. The zero-order valence-corrected chi connectivity index (χ0v) is 20.6. The van der Waals surface area contributed by atoms with Crippen LogP contribution in [-0.4, -0.2) is 34.5 Å². The molecule has 1 unspecified atom stereocenters. The van der Waals surface area contributed by atoms with Crippen LogP contribution in [-0.2, 0) is 24.3 Å². The van der Waals surface area contributed by atoms with Gasteiger partial charge in [0.05, 0.1) is 12.3 Å². The molecule has 4 nitrogen and oxygen atoms in total. The van der Waals surface area contributed by atoms with Gasteiger partial charge in [-0.25, -0.2) is 0 Å². The Kier molecular flexibility index (Phi) is 5.69. The molecule has 1 aliphatic carbocycles. The summed E-state index contributed by atoms with van der Waals surface area (Å²) < 4.78 is 0. The summed E-state index contributed by atoms with van der Waals surface area (Å²) in [5.74, 6) is 0.600. The molecule has 1 atom stereocenters. The smallest absolute Gasteiger partial charge is 0.163 e. The van der Waals surface area contributed by atoms with E-state index in [2.05, 4.69) is 70.6 Å². The second-order valence-corrected chi connectivity index (χ2v) is 10.3. The number of Topliss-reactive ketones (excluding diaryl/α,β-unsaturated/α-hetero) is 1. The van der Waals surface area contributed by atoms with Crippen LogP contribution >= 0.6 is 0 Å². The lowest BCUT2D eigenvalue weighted by atomic mass is 9.80. The SMILES string of the molecule is Cc1cc(C2=NCc3cc4c(cc32)C=C(C2CCCN(Cc3ccccc3)C2)C(=O)C4)cc(C)n1. The number of aromatic nitrogens is 1. The minimum Gasteiger partial charge on any atom is -0.298 e. The number of aliphatic imine (C=N–C) groups is 1. The summed E-state index contributed by atoms with van der Waals surface area (Å²) in [4.78, 5) is 25.2. The lowest BCUT2D eigenvalue weighted by Gasteiger charge is -2.34. The third-order valence-corrected chi connectivity index (χ3v) is 7.56. The maximum absolute atomic E-state index is 13.3. The molecule has 1 aromatic heterocycles. The van der Waals surface area contributed by atoms with Gasteiger partial charge in [0.15, 0.2) is 5.78 Å². The number of carbonyl (C=O) groups is 1. The van der Waals surface area contributed by atoms with Gasteiger partial charge < -0.3 is 0 Å². The summed E-state index contributed by atoms with van der Waals surface area (Å²) in [7, 11) is 0. The van der Waals surface area contributed by atoms with E-state index in [1.165, 1.54) is 22.3 Å². The zero-order valence-electron chi connectivity index (χ0n) is 20.6. The monoisotopic (exact) mass is 461 g/mol. The number of likely N-dealkylation sites (tertiary alicyclic amines) is 1. The van der Waals surface area contributed by atoms with E-state index in [1.807, 2.05) is 13.8 Å². The lowest BCUT2D eigenvalue weighted by molar-refractivity contribution is -0.115. The maximum Gasteiger partial charge on any atom is 0.163 e. The lowest BCUT2D eigenvalue weighted by Crippen LogP contribution is -2.37. The first-order valence-electron chi connectivity index (χ1n) is 12.7. The number of aryl methyl sites for hydroxylation is 2. The molecule has 176 valence electrons. The number of piperidine rings is 1. The Labute approximate surface area is 207 Å². The molecular weight excluding hydrogens is 430 g/mol. The molecule has 0 N–H and O–H groups in total. The van der Waals surface area contributed by atoms with Crippen LogP contribution in [0.3, 0.4) is 0 Å². The molecule has 0 bridgehead atoms. The topological polar surface area (TPSA) is 45.6 Å². The Bertz CT molecular complexity index is 1350. The van der Waals surface area contributed by atoms with E-state index in [0.717, 1.165) is 66.3 Å². The van der Waals surface area contributed by atoms with Gasteiger partial charge in [-0.2, -0.15) is 0 Å². The number of benzene rings is 2. The summed E-state index contributed by atoms with van der Waals surface area (Å²) in [6.07, 6.45) is 4.92. The van der Waals surface area contributed by atoms with E-state index in [1.54, 1.807) is 0 Å². The van der Waals surface area contributed by atoms with E-state index in [0.29, 0.717) is 24.7 Å². The average Bonchev–Trinajstić information content (AvgIpc) is 3.25. The number of fused-ring (bicyclic) bond motifs is 2. The second-order valence-electron chi connectivity index (χ2n) is 10.3. The number of hydrogen-bond acceptors (Lipinski definition) is 4. The highest BCUT2D eigenvalue weighted by atomic mass is 16.1. The molecule has 1 saturated heterocycles. The van der Waals surface area contributed by atoms with E-state index < -0.39 is 0 Å². The molecule has 6 rings (SSSR count). The van der Waals surface area contributed by atoms with Gasteiger partial charge in [0.25, 0.3) is 0 Å². The first kappa shape index (κ1) is 22.1. The Morgan fingerprint density at radius 3 is 2.60 bits per heavy atom. The van der Waals surface area contributed by atoms with E-state index in [4.69, 9.17) is 4.99 Å². The number of nitrogens with zero attached hydrogens (tertiary/aromatic N) is 3. The van der Waals surface area contributed by atoms with Gasteiger partial charge in [-0.3, -0.25) is 19.7 Å². The van der Waals surface area contributed by atoms with Crippen LogP contribution in [0.5, 0.6) is 0 Å². The molecule has 0 amide bonds. The fourth-order valence-corrected chi connectivity index (χ4v) is 5.98. The second kappa shape index (κ2) is 9.01. The minimum atomic E-state index is 0.295. The molecule has 3 aromatic rings. The molecule has 35 heavy (non-hydrogen) atoms. The number of hydrogen-bond donors (Lipinski definition) is 0. The summed E-state index contributed by atoms with van der Waals surface area (Å²) in [5.41, 5.74) is 11.3. The number of rotatable bonds is 4. The van der Waals surface area contributed by atoms with Crippen molar-refractivity contribution in [2.75, 3.05) is 13.1 Å². The van der Waals surface area contributed by atoms with Crippen LogP contribution in [0.25, 0.3) is 6.08 Å². The van der Waals surface area contributed by atoms with E-state index in [9.17, 15) is 4.79 Å². The Morgan fingerprint density at radius 1 is 1.00 bits per heavy atom.